The molecule has 0 amide bonds. The summed E-state index contributed by atoms with van der Waals surface area (Å²) in [5, 5.41) is 19.6. The molecule has 1 atom stereocenters. The van der Waals surface area contributed by atoms with E-state index in [-0.39, 0.29) is 11.6 Å². The van der Waals surface area contributed by atoms with Gasteiger partial charge in [0.25, 0.3) is 0 Å². The molecule has 0 saturated heterocycles. The van der Waals surface area contributed by atoms with Gasteiger partial charge in [0.2, 0.25) is 5.88 Å². The largest absolute Gasteiger partial charge is 0.508 e. The van der Waals surface area contributed by atoms with Crippen molar-refractivity contribution in [2.24, 2.45) is 5.73 Å². The van der Waals surface area contributed by atoms with Crippen LogP contribution < -0.4 is 19.9 Å². The Morgan fingerprint density at radius 3 is 2.58 bits per heavy atom. The van der Waals surface area contributed by atoms with Crippen molar-refractivity contribution in [1.29, 1.82) is 5.26 Å². The fourth-order valence-corrected chi connectivity index (χ4v) is 3.61. The maximum Gasteiger partial charge on any atom is 0.205 e. The molecule has 3 aromatic rings. The molecule has 31 heavy (non-hydrogen) atoms. The van der Waals surface area contributed by atoms with Crippen molar-refractivity contribution in [3.05, 3.63) is 94.9 Å². The van der Waals surface area contributed by atoms with Crippen LogP contribution >= 0.6 is 0 Å². The van der Waals surface area contributed by atoms with Gasteiger partial charge >= 0.3 is 0 Å². The van der Waals surface area contributed by atoms with Crippen LogP contribution in [0, 0.1) is 11.3 Å². The summed E-state index contributed by atoms with van der Waals surface area (Å²) in [7, 11) is 0. The van der Waals surface area contributed by atoms with Crippen LogP contribution in [0.25, 0.3) is 0 Å². The summed E-state index contributed by atoms with van der Waals surface area (Å²) < 4.78 is 17.4. The summed E-state index contributed by atoms with van der Waals surface area (Å²) >= 11 is 0. The molecular formula is C25H22N2O4. The molecule has 0 aromatic heterocycles. The van der Waals surface area contributed by atoms with E-state index in [1.54, 1.807) is 12.1 Å². The highest BCUT2D eigenvalue weighted by atomic mass is 16.5. The first-order valence-corrected chi connectivity index (χ1v) is 9.94. The lowest BCUT2D eigenvalue weighted by Gasteiger charge is -2.27. The van der Waals surface area contributed by atoms with E-state index >= 15 is 0 Å². The number of hydrogen-bond acceptors (Lipinski definition) is 6. The van der Waals surface area contributed by atoms with Gasteiger partial charge in [0.15, 0.2) is 11.5 Å². The zero-order valence-electron chi connectivity index (χ0n) is 17.0. The Morgan fingerprint density at radius 2 is 1.84 bits per heavy atom. The Balaban J connectivity index is 1.72. The number of rotatable bonds is 6. The molecule has 3 aromatic carbocycles. The number of aromatic hydroxyl groups is 1. The van der Waals surface area contributed by atoms with Crippen LogP contribution in [-0.2, 0) is 6.61 Å². The molecule has 1 aliphatic heterocycles. The second-order valence-electron chi connectivity index (χ2n) is 7.06. The van der Waals surface area contributed by atoms with E-state index in [4.69, 9.17) is 19.9 Å². The quantitative estimate of drug-likeness (QED) is 0.612. The molecule has 0 saturated carbocycles. The first-order chi connectivity index (χ1) is 15.1. The van der Waals surface area contributed by atoms with Crippen LogP contribution in [0.4, 0.5) is 0 Å². The number of phenols is 1. The highest BCUT2D eigenvalue weighted by Crippen LogP contribution is 2.45. The van der Waals surface area contributed by atoms with Crippen LogP contribution in [0.1, 0.15) is 29.5 Å². The van der Waals surface area contributed by atoms with E-state index < -0.39 is 5.92 Å². The third kappa shape index (κ3) is 4.12. The van der Waals surface area contributed by atoms with Gasteiger partial charge in [0.05, 0.1) is 12.5 Å². The average molecular weight is 414 g/mol. The summed E-state index contributed by atoms with van der Waals surface area (Å²) in [5.41, 5.74) is 8.92. The minimum atomic E-state index is -0.447. The molecule has 4 rings (SSSR count). The van der Waals surface area contributed by atoms with Crippen LogP contribution in [0.15, 0.2) is 78.2 Å². The molecule has 0 spiro atoms. The van der Waals surface area contributed by atoms with Crippen molar-refractivity contribution < 1.29 is 19.3 Å². The van der Waals surface area contributed by atoms with E-state index in [9.17, 15) is 10.4 Å². The predicted molar refractivity (Wildman–Crippen MR) is 116 cm³/mol. The zero-order valence-corrected chi connectivity index (χ0v) is 17.0. The number of ether oxygens (including phenoxy) is 3. The summed E-state index contributed by atoms with van der Waals surface area (Å²) in [5.74, 6) is 1.25. The van der Waals surface area contributed by atoms with Crippen LogP contribution in [0.3, 0.4) is 0 Å². The van der Waals surface area contributed by atoms with Gasteiger partial charge in [-0.05, 0) is 36.2 Å². The van der Waals surface area contributed by atoms with Crippen LogP contribution in [0.2, 0.25) is 0 Å². The number of fused-ring (bicyclic) bond motifs is 1. The number of benzene rings is 3. The van der Waals surface area contributed by atoms with Crippen molar-refractivity contribution in [2.45, 2.75) is 19.4 Å². The van der Waals surface area contributed by atoms with E-state index in [1.165, 1.54) is 6.07 Å². The molecule has 1 heterocycles. The molecule has 0 radical (unpaired) electrons. The monoisotopic (exact) mass is 414 g/mol. The first-order valence-electron chi connectivity index (χ1n) is 9.94. The maximum atomic E-state index is 9.82. The summed E-state index contributed by atoms with van der Waals surface area (Å²) in [6.45, 7) is 2.78. The van der Waals surface area contributed by atoms with Gasteiger partial charge in [0, 0.05) is 11.6 Å². The fourth-order valence-electron chi connectivity index (χ4n) is 3.61. The summed E-state index contributed by atoms with van der Waals surface area (Å²) in [4.78, 5) is 0. The lowest BCUT2D eigenvalue weighted by Crippen LogP contribution is -2.21. The van der Waals surface area contributed by atoms with Gasteiger partial charge in [-0.15, -0.1) is 0 Å². The van der Waals surface area contributed by atoms with Crippen molar-refractivity contribution in [3.63, 3.8) is 0 Å². The minimum Gasteiger partial charge on any atom is -0.508 e. The molecule has 3 N–H and O–H groups in total. The van der Waals surface area contributed by atoms with E-state index in [0.29, 0.717) is 36.0 Å². The van der Waals surface area contributed by atoms with Gasteiger partial charge in [0.1, 0.15) is 29.7 Å². The van der Waals surface area contributed by atoms with Crippen molar-refractivity contribution in [2.75, 3.05) is 6.61 Å². The number of nitrogens with zero attached hydrogens (tertiary/aromatic N) is 1. The molecule has 6 nitrogen and oxygen atoms in total. The molecule has 1 aliphatic rings. The predicted octanol–water partition coefficient (Wildman–Crippen LogP) is 4.59. The summed E-state index contributed by atoms with van der Waals surface area (Å²) in [6.07, 6.45) is 0. The molecular weight excluding hydrogens is 392 g/mol. The Morgan fingerprint density at radius 1 is 1.03 bits per heavy atom. The van der Waals surface area contributed by atoms with Gasteiger partial charge in [-0.25, -0.2) is 0 Å². The van der Waals surface area contributed by atoms with Crippen LogP contribution in [-0.4, -0.2) is 11.7 Å². The zero-order chi connectivity index (χ0) is 21.8. The second kappa shape index (κ2) is 8.72. The Hall–Kier alpha value is -4.11. The highest BCUT2D eigenvalue weighted by molar-refractivity contribution is 5.58. The Labute approximate surface area is 180 Å². The van der Waals surface area contributed by atoms with Crippen LogP contribution in [0.5, 0.6) is 23.0 Å². The lowest BCUT2D eigenvalue weighted by atomic mass is 9.83. The third-order valence-electron chi connectivity index (χ3n) is 5.04. The van der Waals surface area contributed by atoms with E-state index in [0.717, 1.165) is 16.7 Å². The average Bonchev–Trinajstić information content (AvgIpc) is 2.78. The Bertz CT molecular complexity index is 1170. The van der Waals surface area contributed by atoms with Gasteiger partial charge in [-0.1, -0.05) is 42.5 Å². The number of nitriles is 1. The van der Waals surface area contributed by atoms with Crippen molar-refractivity contribution in [1.82, 2.24) is 0 Å². The molecule has 0 aliphatic carbocycles. The molecule has 156 valence electrons. The summed E-state index contributed by atoms with van der Waals surface area (Å²) in [6, 6.07) is 22.4. The molecule has 0 fully saturated rings. The van der Waals surface area contributed by atoms with Crippen molar-refractivity contribution in [3.8, 4) is 29.1 Å². The lowest BCUT2D eigenvalue weighted by molar-refractivity contribution is 0.269. The highest BCUT2D eigenvalue weighted by Gasteiger charge is 2.31. The number of nitrogens with two attached hydrogens (primary N) is 1. The topological polar surface area (TPSA) is 97.7 Å². The maximum absolute atomic E-state index is 9.82. The van der Waals surface area contributed by atoms with Gasteiger partial charge in [-0.2, -0.15) is 5.26 Å². The normalized spacial score (nSPS) is 14.9. The van der Waals surface area contributed by atoms with E-state index in [1.807, 2.05) is 55.5 Å². The SMILES string of the molecule is CCOc1cc(C2C(C#N)=C(N)Oc3cc(O)ccc32)ccc1OCc1ccccc1. The number of hydrogen-bond donors (Lipinski definition) is 2. The number of phenolic OH excluding ortho intramolecular Hbond substituents is 1. The standard InChI is InChI=1S/C25H22N2O4/c1-2-29-23-12-17(8-11-21(23)30-15-16-6-4-3-5-7-16)24-19-10-9-18(28)13-22(19)31-25(27)20(24)14-26/h3-13,24,28H,2,15,27H2,1H3. The second-order valence-corrected chi connectivity index (χ2v) is 7.06. The smallest absolute Gasteiger partial charge is 0.205 e. The minimum absolute atomic E-state index is 0.0213. The molecule has 1 unspecified atom stereocenters. The van der Waals surface area contributed by atoms with E-state index in [2.05, 4.69) is 6.07 Å². The third-order valence-corrected chi connectivity index (χ3v) is 5.04. The Kier molecular flexibility index (Phi) is 5.67. The van der Waals surface area contributed by atoms with Gasteiger partial charge in [-0.3, -0.25) is 0 Å². The van der Waals surface area contributed by atoms with Gasteiger partial charge < -0.3 is 25.1 Å². The fraction of sp³-hybridized carbons (Fsp3) is 0.160. The number of allylic oxidation sites excluding steroid dienone is 1. The molecule has 6 heteroatoms. The molecule has 0 bridgehead atoms. The van der Waals surface area contributed by atoms with Crippen molar-refractivity contribution >= 4 is 0 Å². The first kappa shape index (κ1) is 20.2.